The minimum Gasteiger partial charge on any atom is -0.493 e. The summed E-state index contributed by atoms with van der Waals surface area (Å²) in [5, 5.41) is 0.869. The van der Waals surface area contributed by atoms with Crippen LogP contribution in [0.1, 0.15) is 22.3 Å². The molecule has 0 N–H and O–H groups in total. The fourth-order valence-corrected chi connectivity index (χ4v) is 3.81. The largest absolute Gasteiger partial charge is 0.493 e. The van der Waals surface area contributed by atoms with Crippen molar-refractivity contribution in [1.82, 2.24) is 0 Å². The summed E-state index contributed by atoms with van der Waals surface area (Å²) in [7, 11) is 3.22. The maximum absolute atomic E-state index is 12.9. The maximum atomic E-state index is 12.9. The van der Waals surface area contributed by atoms with Gasteiger partial charge in [-0.1, -0.05) is 41.6 Å². The molecule has 0 radical (unpaired) electrons. The van der Waals surface area contributed by atoms with E-state index in [0.717, 1.165) is 35.1 Å². The zero-order valence-corrected chi connectivity index (χ0v) is 16.7. The lowest BCUT2D eigenvalue weighted by Crippen LogP contribution is -2.35. The number of amidine groups is 1. The molecule has 27 heavy (non-hydrogen) atoms. The summed E-state index contributed by atoms with van der Waals surface area (Å²) in [6, 6.07) is 13.3. The second-order valence-corrected chi connectivity index (χ2v) is 7.34. The highest BCUT2D eigenvalue weighted by Gasteiger charge is 2.22. The Bertz CT molecular complexity index is 834. The van der Waals surface area contributed by atoms with Crippen LogP contribution in [-0.4, -0.2) is 44.0 Å². The number of ketones is 1. The Labute approximate surface area is 164 Å². The minimum absolute atomic E-state index is 0.0543. The number of ether oxygens (including phenoxy) is 2. The third-order valence-corrected chi connectivity index (χ3v) is 5.47. The number of carbonyl (C=O) groups is 1. The summed E-state index contributed by atoms with van der Waals surface area (Å²) in [6.45, 7) is 3.02. The van der Waals surface area contributed by atoms with Gasteiger partial charge in [0.2, 0.25) is 0 Å². The quantitative estimate of drug-likeness (QED) is 0.699. The molecule has 3 rings (SSSR count). The predicted octanol–water partition coefficient (Wildman–Crippen LogP) is 4.19. The summed E-state index contributed by atoms with van der Waals surface area (Å²) in [5.74, 6) is 2.34. The number of rotatable bonds is 6. The van der Waals surface area contributed by atoms with Gasteiger partial charge in [-0.15, -0.1) is 0 Å². The average molecular weight is 385 g/mol. The van der Waals surface area contributed by atoms with Gasteiger partial charge in [-0.05, 0) is 25.5 Å². The van der Waals surface area contributed by atoms with Crippen molar-refractivity contribution in [3.63, 3.8) is 0 Å². The van der Waals surface area contributed by atoms with Crippen LogP contribution in [0.2, 0.25) is 0 Å². The normalized spacial score (nSPS) is 13.7. The molecule has 0 saturated carbocycles. The standard InChI is InChI=1S/C21H24N2O3S/c1-15-5-7-16(8-6-15)18(24)14-23(21-22-11-4-12-27-21)17-9-10-19(25-2)20(13-17)26-3/h5-10,13H,4,11-12,14H2,1-3H3. The van der Waals surface area contributed by atoms with Crippen LogP contribution >= 0.6 is 11.8 Å². The van der Waals surface area contributed by atoms with Crippen molar-refractivity contribution in [2.24, 2.45) is 4.99 Å². The number of aryl methyl sites for hydroxylation is 1. The van der Waals surface area contributed by atoms with Gasteiger partial charge in [0, 0.05) is 29.6 Å². The SMILES string of the molecule is COc1ccc(N(CC(=O)c2ccc(C)cc2)C2=NCCCS2)cc1OC. The molecule has 142 valence electrons. The third kappa shape index (κ3) is 4.63. The lowest BCUT2D eigenvalue weighted by molar-refractivity contribution is 0.100. The number of hydrogen-bond donors (Lipinski definition) is 0. The first-order valence-corrected chi connectivity index (χ1v) is 9.87. The van der Waals surface area contributed by atoms with Gasteiger partial charge in [-0.2, -0.15) is 0 Å². The number of methoxy groups -OCH3 is 2. The lowest BCUT2D eigenvalue weighted by Gasteiger charge is -2.27. The number of thioether (sulfide) groups is 1. The van der Waals surface area contributed by atoms with Crippen LogP contribution in [-0.2, 0) is 0 Å². The van der Waals surface area contributed by atoms with Crippen molar-refractivity contribution in [3.8, 4) is 11.5 Å². The minimum atomic E-state index is 0.0543. The first-order valence-electron chi connectivity index (χ1n) is 8.89. The molecule has 0 fully saturated rings. The van der Waals surface area contributed by atoms with Crippen LogP contribution in [0.4, 0.5) is 5.69 Å². The number of hydrogen-bond acceptors (Lipinski definition) is 6. The Morgan fingerprint density at radius 1 is 1.11 bits per heavy atom. The zero-order valence-electron chi connectivity index (χ0n) is 15.9. The molecule has 0 saturated heterocycles. The molecular formula is C21H24N2O3S. The lowest BCUT2D eigenvalue weighted by atomic mass is 10.1. The molecule has 0 aromatic heterocycles. The van der Waals surface area contributed by atoms with Crippen molar-refractivity contribution in [2.75, 3.05) is 38.0 Å². The van der Waals surface area contributed by atoms with Crippen molar-refractivity contribution in [2.45, 2.75) is 13.3 Å². The molecule has 1 aliphatic rings. The van der Waals surface area contributed by atoms with E-state index in [-0.39, 0.29) is 12.3 Å². The van der Waals surface area contributed by atoms with Crippen LogP contribution in [0.5, 0.6) is 11.5 Å². The highest BCUT2D eigenvalue weighted by atomic mass is 32.2. The van der Waals surface area contributed by atoms with E-state index in [4.69, 9.17) is 9.47 Å². The zero-order chi connectivity index (χ0) is 19.2. The summed E-state index contributed by atoms with van der Waals surface area (Å²) >= 11 is 1.68. The monoisotopic (exact) mass is 384 g/mol. The Morgan fingerprint density at radius 2 is 1.85 bits per heavy atom. The topological polar surface area (TPSA) is 51.1 Å². The maximum Gasteiger partial charge on any atom is 0.182 e. The van der Waals surface area contributed by atoms with Gasteiger partial charge in [0.1, 0.15) is 0 Å². The van der Waals surface area contributed by atoms with Crippen molar-refractivity contribution < 1.29 is 14.3 Å². The van der Waals surface area contributed by atoms with Crippen molar-refractivity contribution in [1.29, 1.82) is 0 Å². The first-order chi connectivity index (χ1) is 13.1. The molecule has 0 spiro atoms. The second-order valence-electron chi connectivity index (χ2n) is 6.28. The molecule has 2 aromatic carbocycles. The Kier molecular flexibility index (Phi) is 6.40. The van der Waals surface area contributed by atoms with Crippen LogP contribution in [0.15, 0.2) is 47.5 Å². The first kappa shape index (κ1) is 19.3. The molecular weight excluding hydrogens is 360 g/mol. The van der Waals surface area contributed by atoms with Gasteiger partial charge in [-0.25, -0.2) is 0 Å². The van der Waals surface area contributed by atoms with Crippen LogP contribution in [0, 0.1) is 6.92 Å². The van der Waals surface area contributed by atoms with E-state index in [1.807, 2.05) is 54.3 Å². The van der Waals surface area contributed by atoms with Crippen LogP contribution < -0.4 is 14.4 Å². The summed E-state index contributed by atoms with van der Waals surface area (Å²) in [6.07, 6.45) is 1.06. The average Bonchev–Trinajstić information content (AvgIpc) is 2.72. The van der Waals surface area contributed by atoms with E-state index in [1.165, 1.54) is 0 Å². The van der Waals surface area contributed by atoms with Crippen molar-refractivity contribution >= 4 is 28.4 Å². The molecule has 0 unspecified atom stereocenters. The molecule has 1 aliphatic heterocycles. The van der Waals surface area contributed by atoms with Crippen LogP contribution in [0.3, 0.4) is 0 Å². The molecule has 0 atom stereocenters. The summed E-state index contributed by atoms with van der Waals surface area (Å²) in [5.41, 5.74) is 2.70. The summed E-state index contributed by atoms with van der Waals surface area (Å²) in [4.78, 5) is 19.5. The third-order valence-electron chi connectivity index (χ3n) is 4.37. The van der Waals surface area contributed by atoms with E-state index >= 15 is 0 Å². The number of carbonyl (C=O) groups excluding carboxylic acids is 1. The van der Waals surface area contributed by atoms with Crippen LogP contribution in [0.25, 0.3) is 0 Å². The van der Waals surface area contributed by atoms with E-state index in [1.54, 1.807) is 26.0 Å². The van der Waals surface area contributed by atoms with Crippen molar-refractivity contribution in [3.05, 3.63) is 53.6 Å². The number of benzene rings is 2. The molecule has 6 heteroatoms. The number of anilines is 1. The highest BCUT2D eigenvalue weighted by molar-refractivity contribution is 8.14. The van der Waals surface area contributed by atoms with E-state index in [2.05, 4.69) is 4.99 Å². The van der Waals surface area contributed by atoms with Gasteiger partial charge in [0.05, 0.1) is 20.8 Å². The number of nitrogens with zero attached hydrogens (tertiary/aromatic N) is 2. The molecule has 0 aliphatic carbocycles. The van der Waals surface area contributed by atoms with Gasteiger partial charge >= 0.3 is 0 Å². The fourth-order valence-electron chi connectivity index (χ4n) is 2.85. The second kappa shape index (κ2) is 8.95. The number of aliphatic imine (C=N–C) groups is 1. The molecule has 0 bridgehead atoms. The summed E-state index contributed by atoms with van der Waals surface area (Å²) < 4.78 is 10.8. The van der Waals surface area contributed by atoms with Gasteiger partial charge < -0.3 is 14.4 Å². The molecule has 1 heterocycles. The Morgan fingerprint density at radius 3 is 2.48 bits per heavy atom. The Balaban J connectivity index is 1.93. The Hall–Kier alpha value is -2.47. The van der Waals surface area contributed by atoms with E-state index in [9.17, 15) is 4.79 Å². The smallest absolute Gasteiger partial charge is 0.182 e. The highest BCUT2D eigenvalue weighted by Crippen LogP contribution is 2.33. The molecule has 2 aromatic rings. The van der Waals surface area contributed by atoms with Gasteiger partial charge in [0.25, 0.3) is 0 Å². The van der Waals surface area contributed by atoms with E-state index < -0.39 is 0 Å². The van der Waals surface area contributed by atoms with Gasteiger partial charge in [-0.3, -0.25) is 9.79 Å². The van der Waals surface area contributed by atoms with E-state index in [0.29, 0.717) is 17.1 Å². The molecule has 5 nitrogen and oxygen atoms in total. The molecule has 0 amide bonds. The number of Topliss-reactive ketones (excluding diaryl/α,β-unsaturated/α-hetero) is 1. The van der Waals surface area contributed by atoms with Gasteiger partial charge in [0.15, 0.2) is 22.4 Å². The fraction of sp³-hybridized carbons (Fsp3) is 0.333. The predicted molar refractivity (Wildman–Crippen MR) is 112 cm³/mol.